The topological polar surface area (TPSA) is 24.9 Å². The van der Waals surface area contributed by atoms with E-state index in [9.17, 15) is 0 Å². The number of benzene rings is 2. The molecule has 1 aromatic heterocycles. The molecule has 3 aromatic rings. The van der Waals surface area contributed by atoms with E-state index in [4.69, 9.17) is 0 Å². The van der Waals surface area contributed by atoms with E-state index in [0.29, 0.717) is 0 Å². The molecule has 2 heteroatoms. The molecule has 0 radical (unpaired) electrons. The minimum absolute atomic E-state index is 0.222. The Bertz CT molecular complexity index is 749. The monoisotopic (exact) mass is 276 g/mol. The van der Waals surface area contributed by atoms with Crippen LogP contribution in [0.3, 0.4) is 0 Å². The van der Waals surface area contributed by atoms with Crippen LogP contribution in [0, 0.1) is 6.92 Å². The number of fused-ring (bicyclic) bond motifs is 1. The molecule has 1 heterocycles. The molecule has 1 unspecified atom stereocenters. The van der Waals surface area contributed by atoms with E-state index >= 15 is 0 Å². The smallest absolute Gasteiger partial charge is 0.0702 e. The highest BCUT2D eigenvalue weighted by atomic mass is 14.9. The van der Waals surface area contributed by atoms with Crippen LogP contribution < -0.4 is 5.32 Å². The van der Waals surface area contributed by atoms with Crippen LogP contribution in [0.25, 0.3) is 10.9 Å². The van der Waals surface area contributed by atoms with Crippen LogP contribution in [-0.2, 0) is 0 Å². The number of pyridine rings is 1. The summed E-state index contributed by atoms with van der Waals surface area (Å²) < 4.78 is 0. The summed E-state index contributed by atoms with van der Waals surface area (Å²) in [6.45, 7) is 5.21. The Balaban J connectivity index is 2.06. The molecule has 1 atom stereocenters. The second kappa shape index (κ2) is 6.06. The summed E-state index contributed by atoms with van der Waals surface area (Å²) in [4.78, 5) is 4.39. The van der Waals surface area contributed by atoms with Crippen molar-refractivity contribution in [3.63, 3.8) is 0 Å². The molecule has 1 N–H and O–H groups in total. The SMILES string of the molecule is CCNC(c1cccc(C)c1)c1ccc2ncccc2c1. The summed E-state index contributed by atoms with van der Waals surface area (Å²) in [6.07, 6.45) is 1.84. The molecular weight excluding hydrogens is 256 g/mol. The zero-order valence-electron chi connectivity index (χ0n) is 12.5. The van der Waals surface area contributed by atoms with Crippen molar-refractivity contribution in [2.45, 2.75) is 19.9 Å². The minimum Gasteiger partial charge on any atom is -0.307 e. The first kappa shape index (κ1) is 13.8. The summed E-state index contributed by atoms with van der Waals surface area (Å²) in [5.41, 5.74) is 4.92. The third-order valence-corrected chi connectivity index (χ3v) is 3.74. The predicted molar refractivity (Wildman–Crippen MR) is 88.4 cm³/mol. The van der Waals surface area contributed by atoms with Crippen molar-refractivity contribution >= 4 is 10.9 Å². The van der Waals surface area contributed by atoms with Crippen LogP contribution in [-0.4, -0.2) is 11.5 Å². The Labute approximate surface area is 125 Å². The van der Waals surface area contributed by atoms with Gasteiger partial charge in [-0.3, -0.25) is 4.98 Å². The van der Waals surface area contributed by atoms with Crippen molar-refractivity contribution in [2.24, 2.45) is 0 Å². The number of aryl methyl sites for hydroxylation is 1. The highest BCUT2D eigenvalue weighted by molar-refractivity contribution is 5.79. The Kier molecular flexibility index (Phi) is 3.98. The van der Waals surface area contributed by atoms with Crippen molar-refractivity contribution in [2.75, 3.05) is 6.54 Å². The van der Waals surface area contributed by atoms with Crippen molar-refractivity contribution < 1.29 is 0 Å². The van der Waals surface area contributed by atoms with Crippen LogP contribution in [0.4, 0.5) is 0 Å². The minimum atomic E-state index is 0.222. The van der Waals surface area contributed by atoms with E-state index in [2.05, 4.69) is 72.7 Å². The van der Waals surface area contributed by atoms with Crippen LogP contribution in [0.2, 0.25) is 0 Å². The molecule has 21 heavy (non-hydrogen) atoms. The Hall–Kier alpha value is -2.19. The van der Waals surface area contributed by atoms with Gasteiger partial charge in [0.25, 0.3) is 0 Å². The second-order valence-corrected chi connectivity index (χ2v) is 5.36. The summed E-state index contributed by atoms with van der Waals surface area (Å²) in [7, 11) is 0. The molecule has 0 spiro atoms. The summed E-state index contributed by atoms with van der Waals surface area (Å²) in [5, 5.41) is 4.77. The van der Waals surface area contributed by atoms with Gasteiger partial charge in [0.15, 0.2) is 0 Å². The lowest BCUT2D eigenvalue weighted by molar-refractivity contribution is 0.631. The maximum atomic E-state index is 4.39. The first-order chi connectivity index (χ1) is 10.3. The van der Waals surface area contributed by atoms with Gasteiger partial charge in [0.2, 0.25) is 0 Å². The summed E-state index contributed by atoms with van der Waals surface area (Å²) in [5.74, 6) is 0. The third-order valence-electron chi connectivity index (χ3n) is 3.74. The molecule has 0 saturated carbocycles. The Morgan fingerprint density at radius 2 is 1.86 bits per heavy atom. The fraction of sp³-hybridized carbons (Fsp3) is 0.211. The van der Waals surface area contributed by atoms with Crippen LogP contribution in [0.5, 0.6) is 0 Å². The van der Waals surface area contributed by atoms with Gasteiger partial charge in [-0.15, -0.1) is 0 Å². The highest BCUT2D eigenvalue weighted by Gasteiger charge is 2.13. The average molecular weight is 276 g/mol. The standard InChI is InChI=1S/C19H20N2/c1-3-20-19(16-7-4-6-14(2)12-16)17-9-10-18-15(13-17)8-5-11-21-18/h4-13,19-20H,3H2,1-2H3. The molecule has 0 aliphatic rings. The highest BCUT2D eigenvalue weighted by Crippen LogP contribution is 2.25. The molecular formula is C19H20N2. The summed E-state index contributed by atoms with van der Waals surface area (Å²) >= 11 is 0. The number of aromatic nitrogens is 1. The van der Waals surface area contributed by atoms with Gasteiger partial charge in [-0.1, -0.05) is 48.9 Å². The van der Waals surface area contributed by atoms with E-state index in [1.54, 1.807) is 0 Å². The second-order valence-electron chi connectivity index (χ2n) is 5.36. The molecule has 0 aliphatic carbocycles. The van der Waals surface area contributed by atoms with E-state index < -0.39 is 0 Å². The van der Waals surface area contributed by atoms with Crippen molar-refractivity contribution in [3.8, 4) is 0 Å². The number of rotatable bonds is 4. The maximum absolute atomic E-state index is 4.39. The normalized spacial score (nSPS) is 12.5. The van der Waals surface area contributed by atoms with Gasteiger partial charge in [0.1, 0.15) is 0 Å². The fourth-order valence-electron chi connectivity index (χ4n) is 2.76. The van der Waals surface area contributed by atoms with E-state index in [1.807, 2.05) is 12.3 Å². The van der Waals surface area contributed by atoms with Gasteiger partial charge in [0.05, 0.1) is 11.6 Å². The molecule has 0 aliphatic heterocycles. The van der Waals surface area contributed by atoms with Gasteiger partial charge in [-0.25, -0.2) is 0 Å². The van der Waals surface area contributed by atoms with Crippen molar-refractivity contribution in [1.29, 1.82) is 0 Å². The first-order valence-corrected chi connectivity index (χ1v) is 7.42. The molecule has 0 fully saturated rings. The lowest BCUT2D eigenvalue weighted by Crippen LogP contribution is -2.22. The molecule has 0 bridgehead atoms. The Morgan fingerprint density at radius 1 is 1.00 bits per heavy atom. The maximum Gasteiger partial charge on any atom is 0.0702 e. The van der Waals surface area contributed by atoms with E-state index in [1.165, 1.54) is 22.1 Å². The van der Waals surface area contributed by atoms with Crippen molar-refractivity contribution in [1.82, 2.24) is 10.3 Å². The van der Waals surface area contributed by atoms with Crippen LogP contribution in [0.1, 0.15) is 29.7 Å². The molecule has 2 nitrogen and oxygen atoms in total. The molecule has 3 rings (SSSR count). The number of hydrogen-bond acceptors (Lipinski definition) is 2. The first-order valence-electron chi connectivity index (χ1n) is 7.42. The number of hydrogen-bond donors (Lipinski definition) is 1. The molecule has 106 valence electrons. The fourth-order valence-corrected chi connectivity index (χ4v) is 2.76. The van der Waals surface area contributed by atoms with Crippen LogP contribution >= 0.6 is 0 Å². The zero-order chi connectivity index (χ0) is 14.7. The van der Waals surface area contributed by atoms with Gasteiger partial charge >= 0.3 is 0 Å². The largest absolute Gasteiger partial charge is 0.307 e. The van der Waals surface area contributed by atoms with Crippen LogP contribution in [0.15, 0.2) is 60.8 Å². The van der Waals surface area contributed by atoms with Crippen molar-refractivity contribution in [3.05, 3.63) is 77.5 Å². The summed E-state index contributed by atoms with van der Waals surface area (Å²) in [6, 6.07) is 19.5. The van der Waals surface area contributed by atoms with Gasteiger partial charge in [-0.2, -0.15) is 0 Å². The third kappa shape index (κ3) is 2.96. The van der Waals surface area contributed by atoms with E-state index in [0.717, 1.165) is 12.1 Å². The van der Waals surface area contributed by atoms with Gasteiger partial charge in [0, 0.05) is 11.6 Å². The molecule has 0 saturated heterocycles. The average Bonchev–Trinajstić information content (AvgIpc) is 2.52. The lowest BCUT2D eigenvalue weighted by atomic mass is 9.96. The molecule has 2 aromatic carbocycles. The predicted octanol–water partition coefficient (Wildman–Crippen LogP) is 4.24. The van der Waals surface area contributed by atoms with E-state index in [-0.39, 0.29) is 6.04 Å². The molecule has 0 amide bonds. The van der Waals surface area contributed by atoms with Gasteiger partial charge in [-0.05, 0) is 42.8 Å². The number of nitrogens with zero attached hydrogens (tertiary/aromatic N) is 1. The number of nitrogens with one attached hydrogen (secondary N) is 1. The quantitative estimate of drug-likeness (QED) is 0.771. The van der Waals surface area contributed by atoms with Gasteiger partial charge < -0.3 is 5.32 Å². The Morgan fingerprint density at radius 3 is 2.67 bits per heavy atom. The lowest BCUT2D eigenvalue weighted by Gasteiger charge is -2.20. The zero-order valence-corrected chi connectivity index (χ0v) is 12.5.